The van der Waals surface area contributed by atoms with Crippen molar-refractivity contribution in [1.29, 1.82) is 0 Å². The number of nitrogens with one attached hydrogen (secondary N) is 2. The van der Waals surface area contributed by atoms with Gasteiger partial charge in [-0.15, -0.1) is 0 Å². The van der Waals surface area contributed by atoms with Gasteiger partial charge in [-0.1, -0.05) is 36.4 Å². The van der Waals surface area contributed by atoms with Crippen molar-refractivity contribution in [3.63, 3.8) is 0 Å². The molecule has 0 aromatic heterocycles. The number of rotatable bonds is 5. The molecule has 0 bridgehead atoms. The van der Waals surface area contributed by atoms with E-state index in [1.165, 1.54) is 0 Å². The van der Waals surface area contributed by atoms with Gasteiger partial charge in [-0.2, -0.15) is 0 Å². The molecule has 2 aromatic rings. The first kappa shape index (κ1) is 18.2. The van der Waals surface area contributed by atoms with Crippen LogP contribution in [0.5, 0.6) is 0 Å². The molecule has 0 aliphatic rings. The first-order valence-electron chi connectivity index (χ1n) is 7.76. The van der Waals surface area contributed by atoms with Crippen molar-refractivity contribution < 1.29 is 0 Å². The average Bonchev–Trinajstić information content (AvgIpc) is 2.65. The number of hydrogen-bond donors (Lipinski definition) is 2. The Morgan fingerprint density at radius 2 is 1.04 bits per heavy atom. The topological polar surface area (TPSA) is 30.5 Å². The molecule has 0 aliphatic carbocycles. The molecule has 0 radical (unpaired) electrons. The Morgan fingerprint density at radius 1 is 0.708 bits per heavy atom. The minimum absolute atomic E-state index is 0.685. The van der Waals surface area contributed by atoms with E-state index in [1.807, 2.05) is 74.8 Å². The zero-order chi connectivity index (χ0) is 17.4. The number of hydrogen-bond acceptors (Lipinski definition) is 2. The van der Waals surface area contributed by atoms with Crippen molar-refractivity contribution in [3.05, 3.63) is 60.7 Å². The molecule has 2 aromatic carbocycles. The lowest BCUT2D eigenvalue weighted by Gasteiger charge is -2.30. The van der Waals surface area contributed by atoms with E-state index in [0.717, 1.165) is 11.4 Å². The number of nitrogens with zero attached hydrogens (tertiary/aromatic N) is 2. The molecule has 0 atom stereocenters. The summed E-state index contributed by atoms with van der Waals surface area (Å²) >= 11 is 10.9. The van der Waals surface area contributed by atoms with E-state index in [1.54, 1.807) is 0 Å². The fourth-order valence-corrected chi connectivity index (χ4v) is 2.77. The van der Waals surface area contributed by atoms with E-state index in [4.69, 9.17) is 24.4 Å². The summed E-state index contributed by atoms with van der Waals surface area (Å²) in [6, 6.07) is 20.2. The Bertz CT molecular complexity index is 602. The SMILES string of the molecule is CNC(=S)N(CCN(C(=S)NC)c1ccccc1)c1ccccc1. The molecular formula is C18H22N4S2. The largest absolute Gasteiger partial charge is 0.365 e. The summed E-state index contributed by atoms with van der Waals surface area (Å²) in [4.78, 5) is 4.15. The van der Waals surface area contributed by atoms with Crippen LogP contribution in [-0.2, 0) is 0 Å². The van der Waals surface area contributed by atoms with E-state index < -0.39 is 0 Å². The Balaban J connectivity index is 2.19. The van der Waals surface area contributed by atoms with Crippen LogP contribution in [0.3, 0.4) is 0 Å². The Kier molecular flexibility index (Phi) is 6.96. The number of benzene rings is 2. The minimum atomic E-state index is 0.685. The van der Waals surface area contributed by atoms with E-state index >= 15 is 0 Å². The highest BCUT2D eigenvalue weighted by molar-refractivity contribution is 7.80. The highest BCUT2D eigenvalue weighted by atomic mass is 32.1. The van der Waals surface area contributed by atoms with Gasteiger partial charge in [0.05, 0.1) is 0 Å². The second kappa shape index (κ2) is 9.20. The molecule has 0 spiro atoms. The van der Waals surface area contributed by atoms with E-state index in [9.17, 15) is 0 Å². The predicted octanol–water partition coefficient (Wildman–Crippen LogP) is 3.01. The maximum atomic E-state index is 5.47. The Morgan fingerprint density at radius 3 is 1.33 bits per heavy atom. The molecule has 0 saturated carbocycles. The van der Waals surface area contributed by atoms with Crippen LogP contribution < -0.4 is 20.4 Å². The van der Waals surface area contributed by atoms with Crippen molar-refractivity contribution >= 4 is 46.0 Å². The first-order chi connectivity index (χ1) is 11.7. The average molecular weight is 359 g/mol. The molecule has 0 fully saturated rings. The van der Waals surface area contributed by atoms with Crippen LogP contribution in [0.25, 0.3) is 0 Å². The van der Waals surface area contributed by atoms with Gasteiger partial charge >= 0.3 is 0 Å². The van der Waals surface area contributed by atoms with Gasteiger partial charge in [0, 0.05) is 38.6 Å². The molecule has 0 saturated heterocycles. The van der Waals surface area contributed by atoms with Gasteiger partial charge in [-0.25, -0.2) is 0 Å². The second-order valence-corrected chi connectivity index (χ2v) is 5.86. The van der Waals surface area contributed by atoms with Gasteiger partial charge in [0.15, 0.2) is 10.2 Å². The highest BCUT2D eigenvalue weighted by Crippen LogP contribution is 2.16. The lowest BCUT2D eigenvalue weighted by molar-refractivity contribution is 0.893. The van der Waals surface area contributed by atoms with Crippen LogP contribution in [0.15, 0.2) is 60.7 Å². The summed E-state index contributed by atoms with van der Waals surface area (Å²) in [6.07, 6.45) is 0. The molecule has 2 N–H and O–H groups in total. The quantitative estimate of drug-likeness (QED) is 0.799. The molecular weight excluding hydrogens is 336 g/mol. The number of para-hydroxylation sites is 2. The summed E-state index contributed by atoms with van der Waals surface area (Å²) in [5.41, 5.74) is 2.11. The predicted molar refractivity (Wildman–Crippen MR) is 111 cm³/mol. The molecule has 24 heavy (non-hydrogen) atoms. The van der Waals surface area contributed by atoms with Crippen molar-refractivity contribution in [2.24, 2.45) is 0 Å². The van der Waals surface area contributed by atoms with E-state index in [-0.39, 0.29) is 0 Å². The monoisotopic (exact) mass is 358 g/mol. The fourth-order valence-electron chi connectivity index (χ4n) is 2.38. The van der Waals surface area contributed by atoms with Crippen molar-refractivity contribution in [3.8, 4) is 0 Å². The third kappa shape index (κ3) is 4.66. The van der Waals surface area contributed by atoms with Gasteiger partial charge in [-0.05, 0) is 48.7 Å². The van der Waals surface area contributed by atoms with Crippen molar-refractivity contribution in [1.82, 2.24) is 10.6 Å². The Hall–Kier alpha value is -2.18. The van der Waals surface area contributed by atoms with Crippen LogP contribution in [0.4, 0.5) is 11.4 Å². The summed E-state index contributed by atoms with van der Waals surface area (Å²) in [5, 5.41) is 7.49. The standard InChI is InChI=1S/C18H22N4S2/c1-19-17(23)21(15-9-5-3-6-10-15)13-14-22(18(24)20-2)16-11-7-4-8-12-16/h3-12H,13-14H2,1-2H3,(H,19,23)(H,20,24). The molecule has 126 valence electrons. The zero-order valence-corrected chi connectivity index (χ0v) is 15.5. The minimum Gasteiger partial charge on any atom is -0.365 e. The molecule has 0 amide bonds. The van der Waals surface area contributed by atoms with Gasteiger partial charge in [-0.3, -0.25) is 0 Å². The van der Waals surface area contributed by atoms with Crippen molar-refractivity contribution in [2.45, 2.75) is 0 Å². The van der Waals surface area contributed by atoms with Gasteiger partial charge in [0.1, 0.15) is 0 Å². The zero-order valence-electron chi connectivity index (χ0n) is 13.9. The number of anilines is 2. The first-order valence-corrected chi connectivity index (χ1v) is 8.57. The summed E-state index contributed by atoms with van der Waals surface area (Å²) < 4.78 is 0. The van der Waals surface area contributed by atoms with Crippen molar-refractivity contribution in [2.75, 3.05) is 37.0 Å². The van der Waals surface area contributed by atoms with E-state index in [0.29, 0.717) is 23.3 Å². The lowest BCUT2D eigenvalue weighted by Crippen LogP contribution is -2.46. The van der Waals surface area contributed by atoms with Crippen LogP contribution in [0.1, 0.15) is 0 Å². The van der Waals surface area contributed by atoms with Gasteiger partial charge in [0.2, 0.25) is 0 Å². The summed E-state index contributed by atoms with van der Waals surface area (Å²) in [7, 11) is 3.68. The summed E-state index contributed by atoms with van der Waals surface area (Å²) in [5.74, 6) is 0. The molecule has 0 heterocycles. The maximum absolute atomic E-state index is 5.47. The normalized spacial score (nSPS) is 9.92. The molecule has 0 unspecified atom stereocenters. The van der Waals surface area contributed by atoms with Gasteiger partial charge < -0.3 is 20.4 Å². The Labute approximate surface area is 154 Å². The molecule has 6 heteroatoms. The van der Waals surface area contributed by atoms with Crippen LogP contribution >= 0.6 is 24.4 Å². The van der Waals surface area contributed by atoms with Gasteiger partial charge in [0.25, 0.3) is 0 Å². The van der Waals surface area contributed by atoms with Crippen LogP contribution in [0, 0.1) is 0 Å². The third-order valence-corrected chi connectivity index (χ3v) is 4.45. The molecule has 4 nitrogen and oxygen atoms in total. The van der Waals surface area contributed by atoms with Crippen LogP contribution in [0.2, 0.25) is 0 Å². The maximum Gasteiger partial charge on any atom is 0.173 e. The molecule has 2 rings (SSSR count). The lowest BCUT2D eigenvalue weighted by atomic mass is 10.2. The second-order valence-electron chi connectivity index (χ2n) is 5.08. The highest BCUT2D eigenvalue weighted by Gasteiger charge is 2.15. The fraction of sp³-hybridized carbons (Fsp3) is 0.222. The third-order valence-electron chi connectivity index (χ3n) is 3.60. The number of thiocarbonyl (C=S) groups is 2. The van der Waals surface area contributed by atoms with E-state index in [2.05, 4.69) is 20.4 Å². The van der Waals surface area contributed by atoms with Crippen LogP contribution in [-0.4, -0.2) is 37.4 Å². The smallest absolute Gasteiger partial charge is 0.173 e. The summed E-state index contributed by atoms with van der Waals surface area (Å²) in [6.45, 7) is 1.42. The molecule has 0 aliphatic heterocycles.